The minimum Gasteiger partial charge on any atom is -0.480 e. The second-order valence-electron chi connectivity index (χ2n) is 4.16. The molecule has 18 heavy (non-hydrogen) atoms. The molecule has 1 radical (unpaired) electrons. The quantitative estimate of drug-likeness (QED) is 0.512. The topological polar surface area (TPSA) is 63.6 Å². The summed E-state index contributed by atoms with van der Waals surface area (Å²) in [5, 5.41) is 9.23. The second kappa shape index (κ2) is 6.30. The standard InChI is InChI=1S/C13H14O4.K/c1-2-17-12(16)13(11(14)15)8-10(13)9-6-4-3-5-7-9;/h3-7,10H,2,8H2,1H3,(H,14,15);. The summed E-state index contributed by atoms with van der Waals surface area (Å²) >= 11 is 0. The van der Waals surface area contributed by atoms with Gasteiger partial charge in [-0.25, -0.2) is 0 Å². The average Bonchev–Trinajstić information content (AvgIpc) is 3.07. The Kier molecular flexibility index (Phi) is 5.55. The van der Waals surface area contributed by atoms with Gasteiger partial charge < -0.3 is 9.84 Å². The van der Waals surface area contributed by atoms with E-state index in [0.29, 0.717) is 6.42 Å². The maximum absolute atomic E-state index is 11.7. The summed E-state index contributed by atoms with van der Waals surface area (Å²) in [7, 11) is 0. The zero-order valence-corrected chi connectivity index (χ0v) is 13.7. The molecule has 0 spiro atoms. The van der Waals surface area contributed by atoms with E-state index >= 15 is 0 Å². The Morgan fingerprint density at radius 2 is 2.00 bits per heavy atom. The first kappa shape index (κ1) is 15.9. The SMILES string of the molecule is CCOC(=O)C1(C(=O)O)CC1c1ccccc1.[K]. The summed E-state index contributed by atoms with van der Waals surface area (Å²) in [5.74, 6) is -1.98. The summed E-state index contributed by atoms with van der Waals surface area (Å²) in [4.78, 5) is 23.0. The maximum Gasteiger partial charge on any atom is 0.324 e. The Morgan fingerprint density at radius 3 is 2.50 bits per heavy atom. The third kappa shape index (κ3) is 2.70. The van der Waals surface area contributed by atoms with Crippen LogP contribution in [-0.2, 0) is 14.3 Å². The fraction of sp³-hybridized carbons (Fsp3) is 0.385. The molecule has 1 aromatic rings. The van der Waals surface area contributed by atoms with Crippen LogP contribution in [0.15, 0.2) is 30.3 Å². The van der Waals surface area contributed by atoms with E-state index in [1.165, 1.54) is 0 Å². The number of hydrogen-bond donors (Lipinski definition) is 1. The first-order valence-corrected chi connectivity index (χ1v) is 5.58. The third-order valence-corrected chi connectivity index (χ3v) is 3.18. The van der Waals surface area contributed by atoms with Gasteiger partial charge in [-0.05, 0) is 18.9 Å². The van der Waals surface area contributed by atoms with Crippen molar-refractivity contribution < 1.29 is 19.4 Å². The summed E-state index contributed by atoms with van der Waals surface area (Å²) in [6, 6.07) is 9.22. The monoisotopic (exact) mass is 273 g/mol. The van der Waals surface area contributed by atoms with Gasteiger partial charge in [0.2, 0.25) is 0 Å². The molecule has 0 aliphatic heterocycles. The van der Waals surface area contributed by atoms with Gasteiger partial charge in [0.05, 0.1) is 6.61 Å². The van der Waals surface area contributed by atoms with Crippen molar-refractivity contribution in [3.8, 4) is 0 Å². The molecule has 0 aromatic heterocycles. The van der Waals surface area contributed by atoms with Crippen molar-refractivity contribution in [1.82, 2.24) is 0 Å². The van der Waals surface area contributed by atoms with Crippen LogP contribution in [0.25, 0.3) is 0 Å². The minimum absolute atomic E-state index is 0. The van der Waals surface area contributed by atoms with Crippen LogP contribution in [0.5, 0.6) is 0 Å². The number of carbonyl (C=O) groups is 2. The first-order valence-electron chi connectivity index (χ1n) is 5.58. The van der Waals surface area contributed by atoms with Crippen molar-refractivity contribution in [3.63, 3.8) is 0 Å². The van der Waals surface area contributed by atoms with Crippen LogP contribution in [0, 0.1) is 5.41 Å². The number of aliphatic carboxylic acids is 1. The van der Waals surface area contributed by atoms with Crippen LogP contribution in [0.3, 0.4) is 0 Å². The fourth-order valence-corrected chi connectivity index (χ4v) is 2.16. The van der Waals surface area contributed by atoms with Gasteiger partial charge in [-0.1, -0.05) is 30.3 Å². The van der Waals surface area contributed by atoms with E-state index < -0.39 is 17.4 Å². The molecule has 0 amide bonds. The molecule has 2 unspecified atom stereocenters. The van der Waals surface area contributed by atoms with Gasteiger partial charge in [-0.2, -0.15) is 0 Å². The summed E-state index contributed by atoms with van der Waals surface area (Å²) in [6.45, 7) is 1.88. The smallest absolute Gasteiger partial charge is 0.324 e. The number of rotatable bonds is 4. The van der Waals surface area contributed by atoms with E-state index in [2.05, 4.69) is 0 Å². The number of esters is 1. The van der Waals surface area contributed by atoms with Crippen molar-refractivity contribution in [2.75, 3.05) is 6.61 Å². The Morgan fingerprint density at radius 1 is 1.39 bits per heavy atom. The molecule has 1 aliphatic carbocycles. The number of ether oxygens (including phenoxy) is 1. The fourth-order valence-electron chi connectivity index (χ4n) is 2.16. The van der Waals surface area contributed by atoms with E-state index in [0.717, 1.165) is 5.56 Å². The minimum atomic E-state index is -1.36. The van der Waals surface area contributed by atoms with Gasteiger partial charge >= 0.3 is 11.9 Å². The predicted octanol–water partition coefficient (Wildman–Crippen LogP) is 1.43. The number of hydrogen-bond acceptors (Lipinski definition) is 3. The molecule has 1 N–H and O–H groups in total. The third-order valence-electron chi connectivity index (χ3n) is 3.18. The summed E-state index contributed by atoms with van der Waals surface area (Å²) < 4.78 is 4.86. The summed E-state index contributed by atoms with van der Waals surface area (Å²) in [6.07, 6.45) is 0.325. The molecule has 0 heterocycles. The van der Waals surface area contributed by atoms with E-state index in [1.54, 1.807) is 6.92 Å². The Balaban J connectivity index is 0.00000162. The van der Waals surface area contributed by atoms with Crippen LogP contribution >= 0.6 is 0 Å². The van der Waals surface area contributed by atoms with E-state index in [4.69, 9.17) is 4.74 Å². The largest absolute Gasteiger partial charge is 0.480 e. The predicted molar refractivity (Wildman–Crippen MR) is 66.3 cm³/mol. The Bertz CT molecular complexity index is 446. The van der Waals surface area contributed by atoms with Gasteiger partial charge in [0, 0.05) is 57.3 Å². The van der Waals surface area contributed by atoms with Crippen molar-refractivity contribution in [1.29, 1.82) is 0 Å². The van der Waals surface area contributed by atoms with Crippen molar-refractivity contribution in [2.24, 2.45) is 5.41 Å². The Hall–Kier alpha value is -0.204. The molecular formula is C13H14KO4. The van der Waals surface area contributed by atoms with Gasteiger partial charge in [-0.3, -0.25) is 9.59 Å². The van der Waals surface area contributed by atoms with Crippen molar-refractivity contribution in [3.05, 3.63) is 35.9 Å². The van der Waals surface area contributed by atoms with Crippen LogP contribution in [0.4, 0.5) is 0 Å². The Labute approximate surface area is 148 Å². The van der Waals surface area contributed by atoms with Gasteiger partial charge in [0.25, 0.3) is 0 Å². The molecule has 1 aliphatic rings. The molecule has 0 bridgehead atoms. The molecule has 5 heteroatoms. The molecule has 1 fully saturated rings. The van der Waals surface area contributed by atoms with Crippen LogP contribution in [0.1, 0.15) is 24.8 Å². The average molecular weight is 273 g/mol. The van der Waals surface area contributed by atoms with Crippen molar-refractivity contribution in [2.45, 2.75) is 19.3 Å². The molecule has 4 nitrogen and oxygen atoms in total. The molecule has 2 atom stereocenters. The van der Waals surface area contributed by atoms with Crippen molar-refractivity contribution >= 4 is 63.3 Å². The van der Waals surface area contributed by atoms with Crippen LogP contribution < -0.4 is 0 Å². The number of carboxylic acid groups (broad SMARTS) is 1. The van der Waals surface area contributed by atoms with Crippen LogP contribution in [-0.4, -0.2) is 75.0 Å². The number of benzene rings is 1. The molecule has 0 saturated heterocycles. The first-order chi connectivity index (χ1) is 8.13. The van der Waals surface area contributed by atoms with Gasteiger partial charge in [-0.15, -0.1) is 0 Å². The molecule has 91 valence electrons. The second-order valence-corrected chi connectivity index (χ2v) is 4.16. The number of carboxylic acids is 1. The van der Waals surface area contributed by atoms with Crippen LogP contribution in [0.2, 0.25) is 0 Å². The zero-order valence-electron chi connectivity index (χ0n) is 10.6. The number of carbonyl (C=O) groups excluding carboxylic acids is 1. The maximum atomic E-state index is 11.7. The van der Waals surface area contributed by atoms with E-state index in [-0.39, 0.29) is 63.9 Å². The molecule has 1 saturated carbocycles. The zero-order chi connectivity index (χ0) is 12.5. The molecular weight excluding hydrogens is 259 g/mol. The summed E-state index contributed by atoms with van der Waals surface area (Å²) in [5.41, 5.74) is -0.486. The van der Waals surface area contributed by atoms with Gasteiger partial charge in [0.15, 0.2) is 5.41 Å². The van der Waals surface area contributed by atoms with E-state index in [1.807, 2.05) is 30.3 Å². The van der Waals surface area contributed by atoms with Gasteiger partial charge in [0.1, 0.15) is 0 Å². The normalized spacial score (nSPS) is 24.8. The molecule has 2 rings (SSSR count). The molecule has 1 aromatic carbocycles. The van der Waals surface area contributed by atoms with E-state index in [9.17, 15) is 14.7 Å².